The molecule has 1 N–H and O–H groups in total. The van der Waals surface area contributed by atoms with E-state index >= 15 is 0 Å². The fourth-order valence-electron chi connectivity index (χ4n) is 3.47. The molecule has 0 unspecified atom stereocenters. The number of aromatic nitrogens is 5. The highest BCUT2D eigenvalue weighted by molar-refractivity contribution is 7.99. The monoisotopic (exact) mass is 459 g/mol. The van der Waals surface area contributed by atoms with Crippen molar-refractivity contribution in [2.45, 2.75) is 32.5 Å². The standard InChI is InChI=1S/C24H25N7OS/c1-4-30-23(19-11-7-5-8-12-19)27-28-24(30)33-16-22(32)26-25-15-21-17(2)29-31(18(21)3)20-13-9-6-10-14-20/h5-15H,4,16H2,1-3H3,(H,26,32)/b25-15+. The summed E-state index contributed by atoms with van der Waals surface area (Å²) in [6.07, 6.45) is 1.64. The molecular weight excluding hydrogens is 434 g/mol. The molecule has 1 amide bonds. The van der Waals surface area contributed by atoms with E-state index < -0.39 is 0 Å². The molecule has 8 nitrogen and oxygen atoms in total. The van der Waals surface area contributed by atoms with Gasteiger partial charge in [-0.25, -0.2) is 10.1 Å². The van der Waals surface area contributed by atoms with E-state index in [0.29, 0.717) is 11.7 Å². The van der Waals surface area contributed by atoms with Crippen LogP contribution in [0.15, 0.2) is 70.9 Å². The number of carbonyl (C=O) groups excluding carboxylic acids is 1. The second kappa shape index (κ2) is 10.3. The summed E-state index contributed by atoms with van der Waals surface area (Å²) in [4.78, 5) is 12.4. The molecule has 9 heteroatoms. The Labute approximate surface area is 196 Å². The van der Waals surface area contributed by atoms with E-state index in [2.05, 4.69) is 25.8 Å². The van der Waals surface area contributed by atoms with Crippen molar-refractivity contribution in [3.8, 4) is 17.1 Å². The van der Waals surface area contributed by atoms with Gasteiger partial charge < -0.3 is 4.57 Å². The Bertz CT molecular complexity index is 1260. The van der Waals surface area contributed by atoms with Crippen molar-refractivity contribution in [3.63, 3.8) is 0 Å². The van der Waals surface area contributed by atoms with Crippen molar-refractivity contribution < 1.29 is 4.79 Å². The molecule has 168 valence electrons. The molecule has 0 saturated carbocycles. The number of amides is 1. The first-order valence-corrected chi connectivity index (χ1v) is 11.6. The van der Waals surface area contributed by atoms with Crippen molar-refractivity contribution in [1.82, 2.24) is 30.0 Å². The third-order valence-electron chi connectivity index (χ3n) is 5.13. The highest BCUT2D eigenvalue weighted by Crippen LogP contribution is 2.23. The average Bonchev–Trinajstić information content (AvgIpc) is 3.39. The van der Waals surface area contributed by atoms with Gasteiger partial charge in [-0.3, -0.25) is 4.79 Å². The number of nitrogens with zero attached hydrogens (tertiary/aromatic N) is 6. The van der Waals surface area contributed by atoms with Crippen LogP contribution in [0.2, 0.25) is 0 Å². The van der Waals surface area contributed by atoms with Crippen LogP contribution in [0.25, 0.3) is 17.1 Å². The van der Waals surface area contributed by atoms with Crippen LogP contribution in [0.4, 0.5) is 0 Å². The minimum absolute atomic E-state index is 0.186. The van der Waals surface area contributed by atoms with Crippen LogP contribution < -0.4 is 5.43 Å². The molecule has 4 aromatic rings. The van der Waals surface area contributed by atoms with Gasteiger partial charge in [-0.05, 0) is 32.9 Å². The van der Waals surface area contributed by atoms with Gasteiger partial charge in [-0.15, -0.1) is 10.2 Å². The fourth-order valence-corrected chi connectivity index (χ4v) is 4.27. The third kappa shape index (κ3) is 5.04. The van der Waals surface area contributed by atoms with Crippen molar-refractivity contribution in [2.75, 3.05) is 5.75 Å². The first-order valence-electron chi connectivity index (χ1n) is 10.6. The zero-order valence-electron chi connectivity index (χ0n) is 18.8. The molecule has 2 heterocycles. The molecule has 0 saturated heterocycles. The van der Waals surface area contributed by atoms with Crippen molar-refractivity contribution in [1.29, 1.82) is 0 Å². The molecule has 33 heavy (non-hydrogen) atoms. The Morgan fingerprint density at radius 1 is 1.06 bits per heavy atom. The zero-order chi connectivity index (χ0) is 23.2. The summed E-state index contributed by atoms with van der Waals surface area (Å²) >= 11 is 1.34. The van der Waals surface area contributed by atoms with E-state index in [1.807, 2.05) is 90.7 Å². The highest BCUT2D eigenvalue weighted by Gasteiger charge is 2.15. The van der Waals surface area contributed by atoms with Gasteiger partial charge in [0.05, 0.1) is 29.0 Å². The summed E-state index contributed by atoms with van der Waals surface area (Å²) in [5.41, 5.74) is 7.25. The topological polar surface area (TPSA) is 90.0 Å². The number of aryl methyl sites for hydroxylation is 1. The number of hydrazone groups is 1. The van der Waals surface area contributed by atoms with Gasteiger partial charge in [-0.2, -0.15) is 10.2 Å². The van der Waals surface area contributed by atoms with Gasteiger partial charge in [0.1, 0.15) is 0 Å². The largest absolute Gasteiger partial charge is 0.302 e. The lowest BCUT2D eigenvalue weighted by Crippen LogP contribution is -2.20. The summed E-state index contributed by atoms with van der Waals surface area (Å²) in [5.74, 6) is 0.764. The van der Waals surface area contributed by atoms with Crippen molar-refractivity contribution in [3.05, 3.63) is 77.6 Å². The van der Waals surface area contributed by atoms with Crippen molar-refractivity contribution in [2.24, 2.45) is 5.10 Å². The SMILES string of the molecule is CCn1c(SCC(=O)N/N=C/c2c(C)nn(-c3ccccc3)c2C)nnc1-c1ccccc1. The normalized spacial score (nSPS) is 11.2. The van der Waals surface area contributed by atoms with E-state index in [-0.39, 0.29) is 11.7 Å². The van der Waals surface area contributed by atoms with E-state index in [4.69, 9.17) is 0 Å². The summed E-state index contributed by atoms with van der Waals surface area (Å²) in [5, 5.41) is 18.0. The molecule has 0 atom stereocenters. The molecule has 0 radical (unpaired) electrons. The molecule has 0 spiro atoms. The zero-order valence-corrected chi connectivity index (χ0v) is 19.6. The van der Waals surface area contributed by atoms with Gasteiger partial charge in [0.25, 0.3) is 5.91 Å². The Morgan fingerprint density at radius 2 is 1.76 bits per heavy atom. The first-order chi connectivity index (χ1) is 16.1. The number of para-hydroxylation sites is 1. The first kappa shape index (κ1) is 22.5. The summed E-state index contributed by atoms with van der Waals surface area (Å²) < 4.78 is 3.87. The molecule has 2 aromatic carbocycles. The number of hydrogen-bond donors (Lipinski definition) is 1. The molecular formula is C24H25N7OS. The third-order valence-corrected chi connectivity index (χ3v) is 6.10. The summed E-state index contributed by atoms with van der Waals surface area (Å²) in [6.45, 7) is 6.65. The molecule has 0 bridgehead atoms. The summed E-state index contributed by atoms with van der Waals surface area (Å²) in [6, 6.07) is 19.8. The minimum Gasteiger partial charge on any atom is -0.302 e. The van der Waals surface area contributed by atoms with Crippen LogP contribution in [0, 0.1) is 13.8 Å². The molecule has 0 aliphatic carbocycles. The number of carbonyl (C=O) groups is 1. The van der Waals surface area contributed by atoms with Gasteiger partial charge in [-0.1, -0.05) is 60.3 Å². The molecule has 0 aliphatic rings. The lowest BCUT2D eigenvalue weighted by atomic mass is 10.2. The molecule has 4 rings (SSSR count). The van der Waals surface area contributed by atoms with Crippen LogP contribution in [-0.2, 0) is 11.3 Å². The van der Waals surface area contributed by atoms with Gasteiger partial charge in [0.2, 0.25) is 0 Å². The lowest BCUT2D eigenvalue weighted by Gasteiger charge is -2.06. The number of thioether (sulfide) groups is 1. The van der Waals surface area contributed by atoms with E-state index in [9.17, 15) is 4.79 Å². The van der Waals surface area contributed by atoms with Gasteiger partial charge in [0.15, 0.2) is 11.0 Å². The molecule has 0 fully saturated rings. The lowest BCUT2D eigenvalue weighted by molar-refractivity contribution is -0.118. The second-order valence-corrected chi connectivity index (χ2v) is 8.27. The van der Waals surface area contributed by atoms with Crippen LogP contribution in [-0.4, -0.2) is 42.4 Å². The van der Waals surface area contributed by atoms with Crippen LogP contribution in [0.3, 0.4) is 0 Å². The molecule has 0 aliphatic heterocycles. The predicted molar refractivity (Wildman–Crippen MR) is 131 cm³/mol. The average molecular weight is 460 g/mol. The Hall–Kier alpha value is -3.72. The minimum atomic E-state index is -0.214. The smallest absolute Gasteiger partial charge is 0.250 e. The Morgan fingerprint density at radius 3 is 2.45 bits per heavy atom. The fraction of sp³-hybridized carbons (Fsp3) is 0.208. The van der Waals surface area contributed by atoms with Gasteiger partial charge >= 0.3 is 0 Å². The summed E-state index contributed by atoms with van der Waals surface area (Å²) in [7, 11) is 0. The number of benzene rings is 2. The maximum atomic E-state index is 12.4. The predicted octanol–water partition coefficient (Wildman–Crippen LogP) is 4.01. The van der Waals surface area contributed by atoms with E-state index in [1.54, 1.807) is 6.21 Å². The maximum absolute atomic E-state index is 12.4. The number of hydrogen-bond acceptors (Lipinski definition) is 6. The van der Waals surface area contributed by atoms with E-state index in [1.165, 1.54) is 11.8 Å². The molecule has 2 aromatic heterocycles. The number of nitrogens with one attached hydrogen (secondary N) is 1. The quantitative estimate of drug-likeness (QED) is 0.244. The van der Waals surface area contributed by atoms with Crippen molar-refractivity contribution >= 4 is 23.9 Å². The second-order valence-electron chi connectivity index (χ2n) is 7.33. The maximum Gasteiger partial charge on any atom is 0.250 e. The Kier molecular flexibility index (Phi) is 6.99. The highest BCUT2D eigenvalue weighted by atomic mass is 32.2. The van der Waals surface area contributed by atoms with E-state index in [0.717, 1.165) is 34.0 Å². The van der Waals surface area contributed by atoms with Crippen LogP contribution in [0.5, 0.6) is 0 Å². The van der Waals surface area contributed by atoms with Crippen LogP contribution >= 0.6 is 11.8 Å². The van der Waals surface area contributed by atoms with Gasteiger partial charge in [0, 0.05) is 17.7 Å². The Balaban J connectivity index is 1.38. The number of rotatable bonds is 8. The van der Waals surface area contributed by atoms with Crippen LogP contribution in [0.1, 0.15) is 23.9 Å².